The molecule has 6 rings (SSSR count). The summed E-state index contributed by atoms with van der Waals surface area (Å²) in [6, 6.07) is 12.1. The molecule has 0 saturated carbocycles. The normalized spacial score (nSPS) is 14.5. The van der Waals surface area contributed by atoms with Gasteiger partial charge < -0.3 is 40.1 Å². The van der Waals surface area contributed by atoms with Crippen LogP contribution in [0.2, 0.25) is 10.0 Å². The van der Waals surface area contributed by atoms with Crippen molar-refractivity contribution in [3.63, 3.8) is 0 Å². The Hall–Kier alpha value is -6.24. The third-order valence-corrected chi connectivity index (χ3v) is 9.55. The lowest BCUT2D eigenvalue weighted by Gasteiger charge is -2.34. The molecular formula is C40H42Cl2F2N10O6. The van der Waals surface area contributed by atoms with Crippen LogP contribution in [0.5, 0.6) is 11.5 Å². The summed E-state index contributed by atoms with van der Waals surface area (Å²) in [5, 5.41) is 44.1. The zero-order valence-corrected chi connectivity index (χ0v) is 34.6. The number of hydrogen-bond donors (Lipinski definition) is 4. The van der Waals surface area contributed by atoms with E-state index < -0.39 is 23.6 Å². The number of benzene rings is 2. The Kier molecular flexibility index (Phi) is 15.1. The minimum absolute atomic E-state index is 0.00835. The Balaban J connectivity index is 0.000000228. The van der Waals surface area contributed by atoms with Crippen molar-refractivity contribution in [3.8, 4) is 23.6 Å². The average molecular weight is 868 g/mol. The van der Waals surface area contributed by atoms with Crippen LogP contribution in [0.1, 0.15) is 85.7 Å². The van der Waals surface area contributed by atoms with Crippen molar-refractivity contribution in [2.45, 2.75) is 77.7 Å². The molecule has 0 radical (unpaired) electrons. The highest BCUT2D eigenvalue weighted by Crippen LogP contribution is 2.32. The molecule has 4 aromatic rings. The number of anilines is 4. The van der Waals surface area contributed by atoms with E-state index in [1.807, 2.05) is 37.5 Å². The number of carboxylic acids is 2. The van der Waals surface area contributed by atoms with Crippen LogP contribution in [0.3, 0.4) is 0 Å². The Morgan fingerprint density at radius 1 is 0.700 bits per heavy atom. The van der Waals surface area contributed by atoms with Crippen molar-refractivity contribution in [1.29, 1.82) is 10.5 Å². The molecule has 2 saturated heterocycles. The number of nitriles is 2. The van der Waals surface area contributed by atoms with E-state index in [1.165, 1.54) is 24.3 Å². The average Bonchev–Trinajstić information content (AvgIpc) is 3.20. The molecule has 2 aromatic heterocycles. The van der Waals surface area contributed by atoms with Gasteiger partial charge in [0.25, 0.3) is 0 Å². The standard InChI is InChI=1S/2C20H21ClFN5O3/c1-11(2)24-18-19(25-15(10-23)17(26-18)20(28)29)27-7-5-13(6-8-27)30-16-4-3-12(21)9-14(16)22;1-11(2)24-18-19(26-17(20(28)29)15(10-23)25-18)27-7-5-13(6-8-27)30-16-4-3-12(21)9-14(16)22/h3-4,9,11,13H,5-8H2,1-2H3,(H,24,26)(H,28,29);3-4,9,11,13H,5-8H2,1-2H3,(H,24,25)(H,28,29). The van der Waals surface area contributed by atoms with Crippen molar-refractivity contribution >= 4 is 58.4 Å². The van der Waals surface area contributed by atoms with Gasteiger partial charge in [0.2, 0.25) is 0 Å². The molecule has 2 aliphatic rings. The summed E-state index contributed by atoms with van der Waals surface area (Å²) in [4.78, 5) is 43.5. The molecule has 0 bridgehead atoms. The highest BCUT2D eigenvalue weighted by Gasteiger charge is 2.29. The van der Waals surface area contributed by atoms with Crippen LogP contribution in [0, 0.1) is 34.3 Å². The van der Waals surface area contributed by atoms with Crippen LogP contribution in [0.4, 0.5) is 32.1 Å². The maximum atomic E-state index is 14.0. The molecule has 0 atom stereocenters. The largest absolute Gasteiger partial charge is 0.487 e. The smallest absolute Gasteiger partial charge is 0.357 e. The first-order chi connectivity index (χ1) is 28.6. The maximum absolute atomic E-state index is 14.0. The Bertz CT molecular complexity index is 2290. The van der Waals surface area contributed by atoms with Gasteiger partial charge in [-0.25, -0.2) is 38.3 Å². The minimum atomic E-state index is -1.31. The van der Waals surface area contributed by atoms with Crippen LogP contribution in [-0.2, 0) is 0 Å². The number of hydrogen-bond acceptors (Lipinski definition) is 14. The van der Waals surface area contributed by atoms with E-state index in [0.29, 0.717) is 85.2 Å². The van der Waals surface area contributed by atoms with Gasteiger partial charge in [-0.15, -0.1) is 0 Å². The van der Waals surface area contributed by atoms with E-state index in [4.69, 9.17) is 32.7 Å². The van der Waals surface area contributed by atoms with Gasteiger partial charge in [-0.05, 0) is 64.1 Å². The molecule has 2 aliphatic heterocycles. The molecule has 2 aromatic carbocycles. The number of piperidine rings is 2. The Morgan fingerprint density at radius 3 is 1.47 bits per heavy atom. The second-order valence-electron chi connectivity index (χ2n) is 14.4. The molecule has 4 heterocycles. The summed E-state index contributed by atoms with van der Waals surface area (Å²) in [5.74, 6) is -1.90. The third-order valence-electron chi connectivity index (χ3n) is 9.08. The molecule has 316 valence electrons. The summed E-state index contributed by atoms with van der Waals surface area (Å²) in [6.45, 7) is 9.66. The number of nitrogens with one attached hydrogen (secondary N) is 2. The number of aromatic nitrogens is 4. The zero-order chi connectivity index (χ0) is 43.7. The lowest BCUT2D eigenvalue weighted by molar-refractivity contribution is 0.0679. The number of ether oxygens (including phenoxy) is 2. The summed E-state index contributed by atoms with van der Waals surface area (Å²) < 4.78 is 39.5. The SMILES string of the molecule is CC(C)Nc1nc(C#N)c(C(=O)O)nc1N1CCC(Oc2ccc(Cl)cc2F)CC1.CC(C)Nc1nc(C(=O)O)c(C#N)nc1N1CCC(Oc2ccc(Cl)cc2F)CC1. The van der Waals surface area contributed by atoms with Crippen molar-refractivity contribution in [1.82, 2.24) is 19.9 Å². The zero-order valence-electron chi connectivity index (χ0n) is 33.0. The van der Waals surface area contributed by atoms with Crippen molar-refractivity contribution < 1.29 is 38.1 Å². The molecule has 20 heteroatoms. The van der Waals surface area contributed by atoms with Crippen LogP contribution in [0.25, 0.3) is 0 Å². The fraction of sp³-hybridized carbons (Fsp3) is 0.400. The van der Waals surface area contributed by atoms with E-state index in [0.717, 1.165) is 0 Å². The molecular weight excluding hydrogens is 825 g/mol. The van der Waals surface area contributed by atoms with Gasteiger partial charge in [0.05, 0.1) is 0 Å². The van der Waals surface area contributed by atoms with Gasteiger partial charge in [-0.2, -0.15) is 10.5 Å². The highest BCUT2D eigenvalue weighted by atomic mass is 35.5. The van der Waals surface area contributed by atoms with Gasteiger partial charge in [-0.1, -0.05) is 23.2 Å². The molecule has 16 nitrogen and oxygen atoms in total. The predicted octanol–water partition coefficient (Wildman–Crippen LogP) is 7.41. The number of rotatable bonds is 12. The van der Waals surface area contributed by atoms with Gasteiger partial charge in [0.1, 0.15) is 24.3 Å². The monoisotopic (exact) mass is 866 g/mol. The fourth-order valence-electron chi connectivity index (χ4n) is 6.36. The summed E-state index contributed by atoms with van der Waals surface area (Å²) in [6.07, 6.45) is 1.94. The van der Waals surface area contributed by atoms with Crippen molar-refractivity contribution in [2.24, 2.45) is 0 Å². The minimum Gasteiger partial charge on any atom is -0.487 e. The van der Waals surface area contributed by atoms with Gasteiger partial charge in [0, 0.05) is 74.0 Å². The lowest BCUT2D eigenvalue weighted by Crippen LogP contribution is -2.39. The van der Waals surface area contributed by atoms with Crippen LogP contribution < -0.4 is 29.9 Å². The van der Waals surface area contributed by atoms with E-state index in [1.54, 1.807) is 24.3 Å². The topological polar surface area (TPSA) is 223 Å². The molecule has 0 unspecified atom stereocenters. The van der Waals surface area contributed by atoms with Crippen molar-refractivity contribution in [3.05, 3.63) is 80.9 Å². The van der Waals surface area contributed by atoms with E-state index in [9.17, 15) is 39.1 Å². The van der Waals surface area contributed by atoms with Crippen molar-refractivity contribution in [2.75, 3.05) is 46.6 Å². The number of aromatic carboxylic acids is 2. The molecule has 4 N–H and O–H groups in total. The first-order valence-corrected chi connectivity index (χ1v) is 19.7. The molecule has 60 heavy (non-hydrogen) atoms. The first-order valence-electron chi connectivity index (χ1n) is 18.9. The molecule has 0 aliphatic carbocycles. The second kappa shape index (κ2) is 20.1. The quantitative estimate of drug-likeness (QED) is 0.109. The number of halogens is 4. The third kappa shape index (κ3) is 11.5. The van der Waals surface area contributed by atoms with E-state index in [-0.39, 0.29) is 58.6 Å². The van der Waals surface area contributed by atoms with Crippen LogP contribution in [0.15, 0.2) is 36.4 Å². The Labute approximate surface area is 354 Å². The molecule has 0 spiro atoms. The Morgan fingerprint density at radius 2 is 1.08 bits per heavy atom. The molecule has 0 amide bonds. The summed E-state index contributed by atoms with van der Waals surface area (Å²) in [5.41, 5.74) is -1.26. The van der Waals surface area contributed by atoms with E-state index in [2.05, 4.69) is 30.6 Å². The lowest BCUT2D eigenvalue weighted by atomic mass is 10.1. The highest BCUT2D eigenvalue weighted by molar-refractivity contribution is 6.30. The van der Waals surface area contributed by atoms with Gasteiger partial charge in [0.15, 0.2) is 69.2 Å². The fourth-order valence-corrected chi connectivity index (χ4v) is 6.68. The van der Waals surface area contributed by atoms with Gasteiger partial charge >= 0.3 is 11.9 Å². The number of carbonyl (C=O) groups is 2. The number of nitrogens with zero attached hydrogens (tertiary/aromatic N) is 8. The number of carboxylic acid groups (broad SMARTS) is 2. The second-order valence-corrected chi connectivity index (χ2v) is 15.2. The summed E-state index contributed by atoms with van der Waals surface area (Å²) >= 11 is 11.5. The maximum Gasteiger partial charge on any atom is 0.357 e. The first kappa shape index (κ1) is 44.9. The molecule has 2 fully saturated rings. The van der Waals surface area contributed by atoms with E-state index >= 15 is 0 Å². The predicted molar refractivity (Wildman–Crippen MR) is 219 cm³/mol. The van der Waals surface area contributed by atoms with Gasteiger partial charge in [-0.3, -0.25) is 0 Å². The van der Waals surface area contributed by atoms with Crippen LogP contribution >= 0.6 is 23.2 Å². The summed E-state index contributed by atoms with van der Waals surface area (Å²) in [7, 11) is 0. The van der Waals surface area contributed by atoms with Crippen LogP contribution in [-0.4, -0.2) is 92.6 Å².